The Bertz CT molecular complexity index is 874. The summed E-state index contributed by atoms with van der Waals surface area (Å²) in [6, 6.07) is 11.9. The van der Waals surface area contributed by atoms with Crippen LogP contribution in [0.15, 0.2) is 47.4 Å². The molecular weight excluding hydrogens is 336 g/mol. The van der Waals surface area contributed by atoms with Gasteiger partial charge in [0.05, 0.1) is 4.90 Å². The van der Waals surface area contributed by atoms with Gasteiger partial charge in [0.25, 0.3) is 5.91 Å². The van der Waals surface area contributed by atoms with Crippen LogP contribution in [0.5, 0.6) is 0 Å². The van der Waals surface area contributed by atoms with Gasteiger partial charge in [0, 0.05) is 18.2 Å². The SMILES string of the molecule is Cc1ccc(CNC(=O)c2cccc(S(=O)(=O)NC(C)C)c2)c(C)c1. The van der Waals surface area contributed by atoms with Crippen molar-refractivity contribution in [1.29, 1.82) is 0 Å². The lowest BCUT2D eigenvalue weighted by Gasteiger charge is -2.11. The third-order valence-corrected chi connectivity index (χ3v) is 5.39. The van der Waals surface area contributed by atoms with Gasteiger partial charge in [-0.3, -0.25) is 4.79 Å². The smallest absolute Gasteiger partial charge is 0.251 e. The van der Waals surface area contributed by atoms with Crippen molar-refractivity contribution < 1.29 is 13.2 Å². The third-order valence-electron chi connectivity index (χ3n) is 3.73. The summed E-state index contributed by atoms with van der Waals surface area (Å²) in [6.07, 6.45) is 0. The van der Waals surface area contributed by atoms with Gasteiger partial charge in [-0.1, -0.05) is 29.8 Å². The zero-order chi connectivity index (χ0) is 18.6. The molecule has 0 saturated carbocycles. The summed E-state index contributed by atoms with van der Waals surface area (Å²) in [5.74, 6) is -0.304. The van der Waals surface area contributed by atoms with Crippen molar-refractivity contribution in [3.63, 3.8) is 0 Å². The summed E-state index contributed by atoms with van der Waals surface area (Å²) in [5, 5.41) is 2.84. The number of aryl methyl sites for hydroxylation is 2. The molecule has 0 spiro atoms. The summed E-state index contributed by atoms with van der Waals surface area (Å²) in [7, 11) is -3.62. The minimum atomic E-state index is -3.62. The molecule has 134 valence electrons. The number of nitrogens with one attached hydrogen (secondary N) is 2. The molecule has 0 aliphatic carbocycles. The Balaban J connectivity index is 2.13. The number of hydrogen-bond donors (Lipinski definition) is 2. The fourth-order valence-electron chi connectivity index (χ4n) is 2.50. The Morgan fingerprint density at radius 3 is 2.44 bits per heavy atom. The van der Waals surface area contributed by atoms with E-state index >= 15 is 0 Å². The van der Waals surface area contributed by atoms with E-state index in [2.05, 4.69) is 16.1 Å². The van der Waals surface area contributed by atoms with E-state index in [4.69, 9.17) is 0 Å². The minimum Gasteiger partial charge on any atom is -0.348 e. The third kappa shape index (κ3) is 5.14. The Morgan fingerprint density at radius 2 is 1.80 bits per heavy atom. The van der Waals surface area contributed by atoms with Crippen molar-refractivity contribution in [3.8, 4) is 0 Å². The van der Waals surface area contributed by atoms with Crippen LogP contribution in [0.3, 0.4) is 0 Å². The highest BCUT2D eigenvalue weighted by Gasteiger charge is 2.17. The zero-order valence-electron chi connectivity index (χ0n) is 15.0. The molecule has 0 aromatic heterocycles. The lowest BCUT2D eigenvalue weighted by Crippen LogP contribution is -2.30. The van der Waals surface area contributed by atoms with E-state index in [0.29, 0.717) is 12.1 Å². The summed E-state index contributed by atoms with van der Waals surface area (Å²) < 4.78 is 27.0. The molecule has 2 aromatic carbocycles. The normalized spacial score (nSPS) is 11.6. The number of hydrogen-bond acceptors (Lipinski definition) is 3. The van der Waals surface area contributed by atoms with Crippen LogP contribution in [-0.4, -0.2) is 20.4 Å². The van der Waals surface area contributed by atoms with E-state index in [1.807, 2.05) is 26.0 Å². The lowest BCUT2D eigenvalue weighted by molar-refractivity contribution is 0.0950. The van der Waals surface area contributed by atoms with Crippen molar-refractivity contribution in [3.05, 3.63) is 64.7 Å². The molecule has 0 fully saturated rings. The first-order valence-electron chi connectivity index (χ1n) is 8.16. The van der Waals surface area contributed by atoms with Gasteiger partial charge in [-0.05, 0) is 57.0 Å². The van der Waals surface area contributed by atoms with Crippen molar-refractivity contribution >= 4 is 15.9 Å². The van der Waals surface area contributed by atoms with E-state index in [1.54, 1.807) is 26.0 Å². The Morgan fingerprint density at radius 1 is 1.08 bits per heavy atom. The van der Waals surface area contributed by atoms with Crippen LogP contribution < -0.4 is 10.0 Å². The van der Waals surface area contributed by atoms with Gasteiger partial charge in [-0.15, -0.1) is 0 Å². The van der Waals surface area contributed by atoms with Crippen molar-refractivity contribution in [2.45, 2.75) is 45.2 Å². The molecule has 1 amide bonds. The molecule has 2 aromatic rings. The number of amides is 1. The van der Waals surface area contributed by atoms with Crippen molar-refractivity contribution in [1.82, 2.24) is 10.0 Å². The van der Waals surface area contributed by atoms with Gasteiger partial charge in [-0.25, -0.2) is 13.1 Å². The predicted molar refractivity (Wildman–Crippen MR) is 99.0 cm³/mol. The first-order chi connectivity index (χ1) is 11.7. The highest BCUT2D eigenvalue weighted by molar-refractivity contribution is 7.89. The molecule has 6 heteroatoms. The lowest BCUT2D eigenvalue weighted by atomic mass is 10.1. The van der Waals surface area contributed by atoms with Gasteiger partial charge >= 0.3 is 0 Å². The van der Waals surface area contributed by atoms with E-state index in [0.717, 1.165) is 11.1 Å². The fourth-order valence-corrected chi connectivity index (χ4v) is 3.80. The monoisotopic (exact) mass is 360 g/mol. The summed E-state index contributed by atoms with van der Waals surface area (Å²) >= 11 is 0. The zero-order valence-corrected chi connectivity index (χ0v) is 15.8. The number of benzene rings is 2. The van der Waals surface area contributed by atoms with Crippen LogP contribution in [-0.2, 0) is 16.6 Å². The van der Waals surface area contributed by atoms with Gasteiger partial charge < -0.3 is 5.32 Å². The second-order valence-electron chi connectivity index (χ2n) is 6.42. The van der Waals surface area contributed by atoms with Crippen LogP contribution in [0.4, 0.5) is 0 Å². The molecule has 0 atom stereocenters. The van der Waals surface area contributed by atoms with Crippen LogP contribution >= 0.6 is 0 Å². The first-order valence-corrected chi connectivity index (χ1v) is 9.64. The maximum atomic E-state index is 12.4. The molecule has 5 nitrogen and oxygen atoms in total. The fraction of sp³-hybridized carbons (Fsp3) is 0.316. The van der Waals surface area contributed by atoms with Gasteiger partial charge in [0.1, 0.15) is 0 Å². The molecule has 0 aliphatic heterocycles. The minimum absolute atomic E-state index is 0.0837. The maximum Gasteiger partial charge on any atom is 0.251 e. The molecule has 0 unspecified atom stereocenters. The Hall–Kier alpha value is -2.18. The highest BCUT2D eigenvalue weighted by Crippen LogP contribution is 2.13. The second-order valence-corrected chi connectivity index (χ2v) is 8.13. The van der Waals surface area contributed by atoms with E-state index < -0.39 is 10.0 Å². The molecule has 0 heterocycles. The number of carbonyl (C=O) groups is 1. The van der Waals surface area contributed by atoms with Crippen LogP contribution in [0.2, 0.25) is 0 Å². The second kappa shape index (κ2) is 7.80. The first kappa shape index (κ1) is 19.1. The predicted octanol–water partition coefficient (Wildman–Crippen LogP) is 2.92. The standard InChI is InChI=1S/C19H24N2O3S/c1-13(2)21-25(23,24)18-7-5-6-16(11-18)19(22)20-12-17-9-8-14(3)10-15(17)4/h5-11,13,21H,12H2,1-4H3,(H,20,22). The van der Waals surface area contributed by atoms with Crippen molar-refractivity contribution in [2.24, 2.45) is 0 Å². The van der Waals surface area contributed by atoms with Gasteiger partial charge in [0.15, 0.2) is 0 Å². The summed E-state index contributed by atoms with van der Waals surface area (Å²) in [4.78, 5) is 12.5. The average Bonchev–Trinajstić information content (AvgIpc) is 2.52. The topological polar surface area (TPSA) is 75.3 Å². The van der Waals surface area contributed by atoms with Crippen LogP contribution in [0, 0.1) is 13.8 Å². The number of sulfonamides is 1. The highest BCUT2D eigenvalue weighted by atomic mass is 32.2. The van der Waals surface area contributed by atoms with E-state index in [1.165, 1.54) is 17.7 Å². The molecule has 2 rings (SSSR count). The van der Waals surface area contributed by atoms with Gasteiger partial charge in [-0.2, -0.15) is 0 Å². The Kier molecular flexibility index (Phi) is 5.98. The average molecular weight is 360 g/mol. The molecule has 0 bridgehead atoms. The summed E-state index contributed by atoms with van der Waals surface area (Å²) in [6.45, 7) is 7.91. The molecule has 0 saturated heterocycles. The summed E-state index contributed by atoms with van der Waals surface area (Å²) in [5.41, 5.74) is 3.63. The van der Waals surface area contributed by atoms with E-state index in [-0.39, 0.29) is 16.8 Å². The van der Waals surface area contributed by atoms with Gasteiger partial charge in [0.2, 0.25) is 10.0 Å². The molecule has 2 N–H and O–H groups in total. The maximum absolute atomic E-state index is 12.4. The van der Waals surface area contributed by atoms with E-state index in [9.17, 15) is 13.2 Å². The Labute approximate surface area is 149 Å². The molecule has 0 radical (unpaired) electrons. The molecule has 25 heavy (non-hydrogen) atoms. The van der Waals surface area contributed by atoms with Crippen LogP contribution in [0.25, 0.3) is 0 Å². The largest absolute Gasteiger partial charge is 0.348 e. The van der Waals surface area contributed by atoms with Crippen LogP contribution in [0.1, 0.15) is 40.9 Å². The number of carbonyl (C=O) groups excluding carboxylic acids is 1. The quantitative estimate of drug-likeness (QED) is 0.832. The van der Waals surface area contributed by atoms with Crippen molar-refractivity contribution in [2.75, 3.05) is 0 Å². The molecule has 0 aliphatic rings. The molecular formula is C19H24N2O3S. The number of rotatable bonds is 6.